The lowest BCUT2D eigenvalue weighted by Gasteiger charge is -2.45. The van der Waals surface area contributed by atoms with E-state index in [0.717, 1.165) is 37.9 Å². The highest BCUT2D eigenvalue weighted by atomic mass is 16.3. The van der Waals surface area contributed by atoms with Gasteiger partial charge in [0.1, 0.15) is 5.60 Å². The fourth-order valence-corrected chi connectivity index (χ4v) is 2.86. The molecule has 0 aromatic carbocycles. The molecule has 1 fully saturated rings. The molecule has 13 heavy (non-hydrogen) atoms. The van der Waals surface area contributed by atoms with Gasteiger partial charge in [-0.2, -0.15) is 0 Å². The van der Waals surface area contributed by atoms with E-state index in [4.69, 9.17) is 0 Å². The molecule has 1 aliphatic carbocycles. The van der Waals surface area contributed by atoms with E-state index in [0.29, 0.717) is 0 Å². The molecule has 1 heterocycles. The van der Waals surface area contributed by atoms with E-state index in [1.165, 1.54) is 6.42 Å². The van der Waals surface area contributed by atoms with Gasteiger partial charge < -0.3 is 5.11 Å². The minimum atomic E-state index is -0.542. The first-order chi connectivity index (χ1) is 6.05. The summed E-state index contributed by atoms with van der Waals surface area (Å²) in [4.78, 5) is 4.54. The Bertz CT molecular complexity index is 244. The zero-order chi connectivity index (χ0) is 9.53. The molecule has 2 rings (SSSR count). The third-order valence-electron chi connectivity index (χ3n) is 3.49. The van der Waals surface area contributed by atoms with Crippen molar-refractivity contribution in [2.45, 2.75) is 51.6 Å². The topological polar surface area (TPSA) is 32.6 Å². The van der Waals surface area contributed by atoms with Crippen LogP contribution < -0.4 is 0 Å². The second kappa shape index (κ2) is 2.81. The van der Waals surface area contributed by atoms with Gasteiger partial charge >= 0.3 is 0 Å². The lowest BCUT2D eigenvalue weighted by molar-refractivity contribution is 0.0562. The van der Waals surface area contributed by atoms with Crippen LogP contribution in [0.15, 0.2) is 4.99 Å². The molecule has 74 valence electrons. The van der Waals surface area contributed by atoms with Crippen LogP contribution in [0.2, 0.25) is 0 Å². The summed E-state index contributed by atoms with van der Waals surface area (Å²) in [6.07, 6.45) is 5.22. The minimum Gasteiger partial charge on any atom is -0.384 e. The smallest absolute Gasteiger partial charge is 0.103 e. The summed E-state index contributed by atoms with van der Waals surface area (Å²) in [5.41, 5.74) is 0.672. The highest BCUT2D eigenvalue weighted by molar-refractivity contribution is 5.97. The molecule has 0 saturated heterocycles. The maximum Gasteiger partial charge on any atom is 0.103 e. The quantitative estimate of drug-likeness (QED) is 0.610. The second-order valence-corrected chi connectivity index (χ2v) is 5.10. The molecular weight excluding hydrogens is 162 g/mol. The Morgan fingerprint density at radius 3 is 2.54 bits per heavy atom. The number of aliphatic hydroxyl groups is 1. The summed E-state index contributed by atoms with van der Waals surface area (Å²) >= 11 is 0. The molecule has 1 saturated carbocycles. The van der Waals surface area contributed by atoms with E-state index >= 15 is 0 Å². The second-order valence-electron chi connectivity index (χ2n) is 5.10. The van der Waals surface area contributed by atoms with E-state index in [1.54, 1.807) is 0 Å². The molecule has 2 aliphatic rings. The fraction of sp³-hybridized carbons (Fsp3) is 0.909. The number of fused-ring (bicyclic) bond motifs is 1. The fourth-order valence-electron chi connectivity index (χ4n) is 2.86. The third-order valence-corrected chi connectivity index (χ3v) is 3.49. The van der Waals surface area contributed by atoms with Crippen LogP contribution in [0.3, 0.4) is 0 Å². The molecule has 1 N–H and O–H groups in total. The van der Waals surface area contributed by atoms with Gasteiger partial charge in [-0.1, -0.05) is 13.8 Å². The van der Waals surface area contributed by atoms with Crippen molar-refractivity contribution in [3.63, 3.8) is 0 Å². The Labute approximate surface area is 80.1 Å². The highest BCUT2D eigenvalue weighted by Crippen LogP contribution is 2.42. The zero-order valence-electron chi connectivity index (χ0n) is 8.64. The van der Waals surface area contributed by atoms with Crippen LogP contribution in [0, 0.1) is 5.41 Å². The van der Waals surface area contributed by atoms with Gasteiger partial charge in [-0.3, -0.25) is 4.99 Å². The summed E-state index contributed by atoms with van der Waals surface area (Å²) in [6.45, 7) is 5.34. The summed E-state index contributed by atoms with van der Waals surface area (Å²) in [5, 5.41) is 10.4. The molecule has 0 spiro atoms. The number of aliphatic imine (C=N–C) groups is 1. The predicted octanol–water partition coefficient (Wildman–Crippen LogP) is 2.16. The molecular formula is C11H19NO. The van der Waals surface area contributed by atoms with E-state index in [-0.39, 0.29) is 5.41 Å². The zero-order valence-corrected chi connectivity index (χ0v) is 8.64. The van der Waals surface area contributed by atoms with Gasteiger partial charge in [0.05, 0.1) is 0 Å². The van der Waals surface area contributed by atoms with Crippen molar-refractivity contribution in [3.8, 4) is 0 Å². The Morgan fingerprint density at radius 1 is 1.15 bits per heavy atom. The Balaban J connectivity index is 2.36. The Morgan fingerprint density at radius 2 is 1.85 bits per heavy atom. The third kappa shape index (κ3) is 1.41. The summed E-state index contributed by atoms with van der Waals surface area (Å²) < 4.78 is 0. The van der Waals surface area contributed by atoms with Gasteiger partial charge in [-0.15, -0.1) is 0 Å². The van der Waals surface area contributed by atoms with Gasteiger partial charge in [-0.05, 0) is 32.1 Å². The first-order valence-corrected chi connectivity index (χ1v) is 5.32. The van der Waals surface area contributed by atoms with Gasteiger partial charge in [-0.25, -0.2) is 0 Å². The molecule has 1 unspecified atom stereocenters. The molecule has 0 aromatic rings. The summed E-state index contributed by atoms with van der Waals surface area (Å²) in [7, 11) is 0. The average Bonchev–Trinajstić information content (AvgIpc) is 2.02. The van der Waals surface area contributed by atoms with E-state index in [9.17, 15) is 5.11 Å². The average molecular weight is 181 g/mol. The Kier molecular flexibility index (Phi) is 1.99. The number of hydrogen-bond acceptors (Lipinski definition) is 2. The Hall–Kier alpha value is -0.370. The molecule has 1 atom stereocenters. The van der Waals surface area contributed by atoms with Crippen molar-refractivity contribution in [2.75, 3.05) is 6.54 Å². The SMILES string of the molecule is CC1(C)CCCC2(O)CCCN=C12. The molecule has 0 amide bonds. The number of nitrogens with zero attached hydrogens (tertiary/aromatic N) is 1. The van der Waals surface area contributed by atoms with E-state index in [2.05, 4.69) is 18.8 Å². The van der Waals surface area contributed by atoms with Crippen LogP contribution in [0.4, 0.5) is 0 Å². The number of hydrogen-bond donors (Lipinski definition) is 1. The van der Waals surface area contributed by atoms with Crippen LogP contribution in [0.25, 0.3) is 0 Å². The van der Waals surface area contributed by atoms with Crippen LogP contribution in [-0.4, -0.2) is 23.0 Å². The molecule has 0 radical (unpaired) electrons. The monoisotopic (exact) mass is 181 g/mol. The van der Waals surface area contributed by atoms with Crippen LogP contribution in [0.1, 0.15) is 46.0 Å². The van der Waals surface area contributed by atoms with Gasteiger partial charge in [0.15, 0.2) is 0 Å². The standard InChI is InChI=1S/C11H19NO/c1-10(2)5-3-6-11(13)7-4-8-12-9(10)11/h13H,3-8H2,1-2H3. The first-order valence-electron chi connectivity index (χ1n) is 5.32. The van der Waals surface area contributed by atoms with Crippen molar-refractivity contribution < 1.29 is 5.11 Å². The van der Waals surface area contributed by atoms with Crippen LogP contribution in [0.5, 0.6) is 0 Å². The van der Waals surface area contributed by atoms with E-state index in [1.807, 2.05) is 0 Å². The van der Waals surface area contributed by atoms with Crippen LogP contribution in [-0.2, 0) is 0 Å². The van der Waals surface area contributed by atoms with Crippen molar-refractivity contribution in [2.24, 2.45) is 10.4 Å². The van der Waals surface area contributed by atoms with Gasteiger partial charge in [0.25, 0.3) is 0 Å². The van der Waals surface area contributed by atoms with E-state index < -0.39 is 5.60 Å². The maximum absolute atomic E-state index is 10.4. The highest BCUT2D eigenvalue weighted by Gasteiger charge is 2.45. The predicted molar refractivity (Wildman–Crippen MR) is 54.1 cm³/mol. The molecule has 2 heteroatoms. The lowest BCUT2D eigenvalue weighted by atomic mass is 9.65. The van der Waals surface area contributed by atoms with Gasteiger partial charge in [0, 0.05) is 17.7 Å². The minimum absolute atomic E-state index is 0.132. The maximum atomic E-state index is 10.4. The first kappa shape index (κ1) is 9.20. The molecule has 1 aliphatic heterocycles. The van der Waals surface area contributed by atoms with Gasteiger partial charge in [0.2, 0.25) is 0 Å². The van der Waals surface area contributed by atoms with Crippen molar-refractivity contribution >= 4 is 5.71 Å². The van der Waals surface area contributed by atoms with Crippen LogP contribution >= 0.6 is 0 Å². The molecule has 0 aromatic heterocycles. The summed E-state index contributed by atoms with van der Waals surface area (Å²) in [5.74, 6) is 0. The van der Waals surface area contributed by atoms with Crippen molar-refractivity contribution in [3.05, 3.63) is 0 Å². The summed E-state index contributed by atoms with van der Waals surface area (Å²) in [6, 6.07) is 0. The van der Waals surface area contributed by atoms with Crippen molar-refractivity contribution in [1.82, 2.24) is 0 Å². The largest absolute Gasteiger partial charge is 0.384 e. The molecule has 2 nitrogen and oxygen atoms in total. The normalized spacial score (nSPS) is 37.9. The number of rotatable bonds is 0. The van der Waals surface area contributed by atoms with Crippen molar-refractivity contribution in [1.29, 1.82) is 0 Å². The lowest BCUT2D eigenvalue weighted by Crippen LogP contribution is -2.51. The molecule has 0 bridgehead atoms.